The fourth-order valence-electron chi connectivity index (χ4n) is 6.03. The highest BCUT2D eigenvalue weighted by atomic mass is 14.9. The number of allylic oxidation sites excluding steroid dienone is 6. The molecule has 6 rings (SSSR count). The maximum absolute atomic E-state index is 8.30. The summed E-state index contributed by atoms with van der Waals surface area (Å²) >= 11 is 0. The van der Waals surface area contributed by atoms with Crippen molar-refractivity contribution < 1.29 is 0 Å². The van der Waals surface area contributed by atoms with Gasteiger partial charge < -0.3 is 10.7 Å². The molecule has 1 saturated heterocycles. The Hall–Kier alpha value is -3.75. The molecule has 2 unspecified atom stereocenters. The zero-order valence-corrected chi connectivity index (χ0v) is 22.7. The molecule has 2 heteroatoms. The van der Waals surface area contributed by atoms with Crippen LogP contribution in [0.2, 0.25) is 0 Å². The topological polar surface area (TPSA) is 35.9 Å². The van der Waals surface area contributed by atoms with Gasteiger partial charge in [-0.25, -0.2) is 0 Å². The summed E-state index contributed by atoms with van der Waals surface area (Å²) in [6.45, 7) is 2.04. The fraction of sp³-hybridized carbons (Fsp3) is 0.270. The Balaban J connectivity index is 1.06. The SMILES string of the molecule is N=C(CC/C=C/c1ccc2c(c1)C=CC(c1ccc(-c3ccc(C4=CCCC=C4)cc3)cc1)C2)C1CCNC1. The molecule has 0 aromatic heterocycles. The quantitative estimate of drug-likeness (QED) is 0.292. The van der Waals surface area contributed by atoms with Crippen LogP contribution in [0.15, 0.2) is 97.1 Å². The fourth-order valence-corrected chi connectivity index (χ4v) is 6.03. The van der Waals surface area contributed by atoms with Crippen molar-refractivity contribution in [2.75, 3.05) is 13.1 Å². The first-order chi connectivity index (χ1) is 19.2. The zero-order chi connectivity index (χ0) is 26.4. The van der Waals surface area contributed by atoms with Crippen molar-refractivity contribution in [1.29, 1.82) is 5.41 Å². The summed E-state index contributed by atoms with van der Waals surface area (Å²) in [7, 11) is 0. The number of hydrogen-bond acceptors (Lipinski definition) is 2. The lowest BCUT2D eigenvalue weighted by atomic mass is 9.84. The predicted molar refractivity (Wildman–Crippen MR) is 167 cm³/mol. The Morgan fingerprint density at radius 1 is 0.897 bits per heavy atom. The first kappa shape index (κ1) is 25.5. The van der Waals surface area contributed by atoms with Gasteiger partial charge in [-0.1, -0.05) is 103 Å². The van der Waals surface area contributed by atoms with Crippen molar-refractivity contribution in [3.05, 3.63) is 125 Å². The molecule has 3 aliphatic rings. The van der Waals surface area contributed by atoms with Gasteiger partial charge in [0.2, 0.25) is 0 Å². The summed E-state index contributed by atoms with van der Waals surface area (Å²) in [5, 5.41) is 11.7. The molecule has 1 aliphatic heterocycles. The number of nitrogens with one attached hydrogen (secondary N) is 2. The van der Waals surface area contributed by atoms with Gasteiger partial charge in [0.05, 0.1) is 0 Å². The molecule has 0 spiro atoms. The molecule has 3 aromatic rings. The summed E-state index contributed by atoms with van der Waals surface area (Å²) < 4.78 is 0. The molecule has 196 valence electrons. The first-order valence-electron chi connectivity index (χ1n) is 14.6. The van der Waals surface area contributed by atoms with Gasteiger partial charge in [0, 0.05) is 24.1 Å². The van der Waals surface area contributed by atoms with E-state index in [0.29, 0.717) is 11.8 Å². The Bertz CT molecular complexity index is 1430. The van der Waals surface area contributed by atoms with Crippen LogP contribution in [0, 0.1) is 11.3 Å². The molecular weight excluding hydrogens is 472 g/mol. The second-order valence-corrected chi connectivity index (χ2v) is 11.1. The maximum atomic E-state index is 8.30. The summed E-state index contributed by atoms with van der Waals surface area (Å²) in [6, 6.07) is 24.9. The Labute approximate surface area is 233 Å². The van der Waals surface area contributed by atoms with Crippen molar-refractivity contribution in [3.8, 4) is 11.1 Å². The molecule has 2 atom stereocenters. The molecule has 0 radical (unpaired) electrons. The van der Waals surface area contributed by atoms with Crippen LogP contribution < -0.4 is 5.32 Å². The molecular formula is C37H38N2. The highest BCUT2D eigenvalue weighted by Gasteiger charge is 2.18. The van der Waals surface area contributed by atoms with Crippen LogP contribution in [0.5, 0.6) is 0 Å². The molecule has 0 amide bonds. The molecule has 39 heavy (non-hydrogen) atoms. The third-order valence-corrected chi connectivity index (χ3v) is 8.45. The lowest BCUT2D eigenvalue weighted by Crippen LogP contribution is -2.16. The second-order valence-electron chi connectivity index (χ2n) is 11.1. The highest BCUT2D eigenvalue weighted by Crippen LogP contribution is 2.32. The largest absolute Gasteiger partial charge is 0.316 e. The molecule has 3 aromatic carbocycles. The Kier molecular flexibility index (Phi) is 7.83. The van der Waals surface area contributed by atoms with Crippen molar-refractivity contribution in [1.82, 2.24) is 5.32 Å². The van der Waals surface area contributed by atoms with E-state index in [2.05, 4.69) is 115 Å². The van der Waals surface area contributed by atoms with Gasteiger partial charge in [-0.15, -0.1) is 0 Å². The van der Waals surface area contributed by atoms with Crippen LogP contribution in [0.1, 0.15) is 65.8 Å². The average Bonchev–Trinajstić information content (AvgIpc) is 3.55. The van der Waals surface area contributed by atoms with E-state index in [9.17, 15) is 0 Å². The van der Waals surface area contributed by atoms with E-state index in [4.69, 9.17) is 5.41 Å². The lowest BCUT2D eigenvalue weighted by Gasteiger charge is -2.20. The normalized spacial score (nSPS) is 20.3. The van der Waals surface area contributed by atoms with Gasteiger partial charge >= 0.3 is 0 Å². The molecule has 2 N–H and O–H groups in total. The van der Waals surface area contributed by atoms with E-state index in [1.54, 1.807) is 0 Å². The minimum atomic E-state index is 0.413. The summed E-state index contributed by atoms with van der Waals surface area (Å²) in [5.41, 5.74) is 11.4. The third-order valence-electron chi connectivity index (χ3n) is 8.45. The van der Waals surface area contributed by atoms with Crippen molar-refractivity contribution >= 4 is 23.4 Å². The minimum absolute atomic E-state index is 0.413. The maximum Gasteiger partial charge on any atom is 0.0136 e. The summed E-state index contributed by atoms with van der Waals surface area (Å²) in [4.78, 5) is 0. The van der Waals surface area contributed by atoms with Gasteiger partial charge in [0.1, 0.15) is 0 Å². The van der Waals surface area contributed by atoms with E-state index in [0.717, 1.165) is 57.3 Å². The third kappa shape index (κ3) is 6.13. The number of benzene rings is 3. The van der Waals surface area contributed by atoms with Crippen molar-refractivity contribution in [2.45, 2.75) is 44.4 Å². The highest BCUT2D eigenvalue weighted by molar-refractivity contribution is 5.84. The van der Waals surface area contributed by atoms with Crippen LogP contribution >= 0.6 is 0 Å². The van der Waals surface area contributed by atoms with Crippen LogP contribution in [0.4, 0.5) is 0 Å². The van der Waals surface area contributed by atoms with Gasteiger partial charge in [-0.05, 0) is 95.7 Å². The predicted octanol–water partition coefficient (Wildman–Crippen LogP) is 8.86. The number of fused-ring (bicyclic) bond motifs is 1. The molecule has 1 fully saturated rings. The second kappa shape index (κ2) is 12.0. The number of rotatable bonds is 8. The lowest BCUT2D eigenvalue weighted by molar-refractivity contribution is 0.743. The van der Waals surface area contributed by atoms with Crippen LogP contribution in [0.25, 0.3) is 28.9 Å². The number of hydrogen-bond donors (Lipinski definition) is 2. The van der Waals surface area contributed by atoms with Gasteiger partial charge in [-0.2, -0.15) is 0 Å². The Morgan fingerprint density at radius 3 is 2.44 bits per heavy atom. The van der Waals surface area contributed by atoms with E-state index >= 15 is 0 Å². The standard InChI is InChI=1S/C37H38N2/c38-37(36-22-23-39-26-36)9-5-4-6-27-10-11-35-25-34(21-20-33(35)24-27)32-18-16-31(17-19-32)30-14-12-29(13-15-30)28-7-2-1-3-8-28/h2,4,6-8,10-21,24,34,36,38-39H,1,3,5,9,22-23,25-26H2/b6-4+,38-37?. The van der Waals surface area contributed by atoms with Gasteiger partial charge in [0.25, 0.3) is 0 Å². The molecule has 2 aliphatic carbocycles. The van der Waals surface area contributed by atoms with Crippen molar-refractivity contribution in [2.24, 2.45) is 5.92 Å². The summed E-state index contributed by atoms with van der Waals surface area (Å²) in [5.74, 6) is 0.862. The Morgan fingerprint density at radius 2 is 1.69 bits per heavy atom. The van der Waals surface area contributed by atoms with Crippen molar-refractivity contribution in [3.63, 3.8) is 0 Å². The molecule has 2 nitrogen and oxygen atoms in total. The van der Waals surface area contributed by atoms with E-state index in [1.807, 2.05) is 0 Å². The smallest absolute Gasteiger partial charge is 0.0136 e. The summed E-state index contributed by atoms with van der Waals surface area (Å²) in [6.07, 6.45) is 22.2. The average molecular weight is 511 g/mol. The zero-order valence-electron chi connectivity index (χ0n) is 22.7. The molecule has 0 bridgehead atoms. The van der Waals surface area contributed by atoms with E-state index < -0.39 is 0 Å². The van der Waals surface area contributed by atoms with Crippen LogP contribution in [-0.2, 0) is 6.42 Å². The first-order valence-corrected chi connectivity index (χ1v) is 14.6. The van der Waals surface area contributed by atoms with Gasteiger partial charge in [-0.3, -0.25) is 0 Å². The molecule has 0 saturated carbocycles. The molecule has 1 heterocycles. The monoisotopic (exact) mass is 510 g/mol. The van der Waals surface area contributed by atoms with E-state index in [-0.39, 0.29) is 0 Å². The van der Waals surface area contributed by atoms with Crippen LogP contribution in [0.3, 0.4) is 0 Å². The van der Waals surface area contributed by atoms with Gasteiger partial charge in [0.15, 0.2) is 0 Å². The van der Waals surface area contributed by atoms with E-state index in [1.165, 1.54) is 44.5 Å². The minimum Gasteiger partial charge on any atom is -0.316 e. The van der Waals surface area contributed by atoms with Crippen LogP contribution in [-0.4, -0.2) is 18.8 Å².